The molecule has 1 aliphatic carbocycles. The average molecular weight is 248 g/mol. The molecule has 2 heterocycles. The van der Waals surface area contributed by atoms with E-state index in [0.717, 1.165) is 19.0 Å². The van der Waals surface area contributed by atoms with Crippen molar-refractivity contribution >= 4 is 11.2 Å². The number of fused-ring (bicyclic) bond motifs is 1. The summed E-state index contributed by atoms with van der Waals surface area (Å²) in [5.74, 6) is 6.42. The van der Waals surface area contributed by atoms with Crippen LogP contribution in [0.1, 0.15) is 37.1 Å². The molecule has 0 radical (unpaired) electrons. The van der Waals surface area contributed by atoms with Crippen molar-refractivity contribution in [2.75, 3.05) is 0 Å². The molecule has 0 atom stereocenters. The quantitative estimate of drug-likeness (QED) is 0.788. The highest BCUT2D eigenvalue weighted by Crippen LogP contribution is 2.25. The van der Waals surface area contributed by atoms with E-state index >= 15 is 0 Å². The molecule has 2 aromatic rings. The first kappa shape index (κ1) is 11.1. The second-order valence-corrected chi connectivity index (χ2v) is 4.26. The molecule has 92 valence electrons. The van der Waals surface area contributed by atoms with Crippen LogP contribution < -0.4 is 0 Å². The maximum absolute atomic E-state index is 12.5. The van der Waals surface area contributed by atoms with E-state index in [2.05, 4.69) is 32.0 Å². The van der Waals surface area contributed by atoms with Crippen LogP contribution in [0, 0.1) is 17.8 Å². The number of H-pyrrole nitrogens is 1. The van der Waals surface area contributed by atoms with Gasteiger partial charge in [0.15, 0.2) is 0 Å². The Kier molecular flexibility index (Phi) is 2.67. The van der Waals surface area contributed by atoms with E-state index in [0.29, 0.717) is 22.8 Å². The zero-order valence-corrected chi connectivity index (χ0v) is 9.45. The summed E-state index contributed by atoms with van der Waals surface area (Å²) in [5, 5.41) is 6.58. The molecule has 1 saturated carbocycles. The van der Waals surface area contributed by atoms with Crippen molar-refractivity contribution in [3.8, 4) is 11.8 Å². The van der Waals surface area contributed by atoms with E-state index in [-0.39, 0.29) is 5.69 Å². The Labute approximate surface area is 102 Å². The van der Waals surface area contributed by atoms with Crippen LogP contribution in [0.3, 0.4) is 0 Å². The van der Waals surface area contributed by atoms with E-state index in [1.165, 1.54) is 6.42 Å². The molecule has 6 heteroatoms. The SMILES string of the molecule is FC(F)c1cnc2n[nH]c(C#CC3CCC3)c2n1. The second-order valence-electron chi connectivity index (χ2n) is 4.26. The van der Waals surface area contributed by atoms with Crippen LogP contribution in [0.4, 0.5) is 8.78 Å². The summed E-state index contributed by atoms with van der Waals surface area (Å²) in [6, 6.07) is 0. The summed E-state index contributed by atoms with van der Waals surface area (Å²) in [6.07, 6.45) is 1.82. The van der Waals surface area contributed by atoms with Gasteiger partial charge in [-0.1, -0.05) is 12.3 Å². The van der Waals surface area contributed by atoms with Crippen LogP contribution in [-0.4, -0.2) is 20.2 Å². The molecule has 2 aromatic heterocycles. The molecule has 0 spiro atoms. The highest BCUT2D eigenvalue weighted by atomic mass is 19.3. The third kappa shape index (κ3) is 1.92. The fourth-order valence-electron chi connectivity index (χ4n) is 1.73. The van der Waals surface area contributed by atoms with Crippen molar-refractivity contribution < 1.29 is 8.78 Å². The lowest BCUT2D eigenvalue weighted by Gasteiger charge is -2.18. The molecule has 1 N–H and O–H groups in total. The van der Waals surface area contributed by atoms with E-state index < -0.39 is 6.43 Å². The maximum atomic E-state index is 12.5. The zero-order valence-electron chi connectivity index (χ0n) is 9.45. The Morgan fingerprint density at radius 1 is 1.39 bits per heavy atom. The van der Waals surface area contributed by atoms with E-state index in [9.17, 15) is 8.78 Å². The zero-order chi connectivity index (χ0) is 12.5. The van der Waals surface area contributed by atoms with Gasteiger partial charge in [0, 0.05) is 5.92 Å². The first-order valence-electron chi connectivity index (χ1n) is 5.75. The maximum Gasteiger partial charge on any atom is 0.281 e. The molecule has 0 aliphatic heterocycles. The molecule has 1 aliphatic rings. The lowest BCUT2D eigenvalue weighted by Crippen LogP contribution is -2.07. The van der Waals surface area contributed by atoms with Gasteiger partial charge in [-0.05, 0) is 18.8 Å². The molecule has 0 aromatic carbocycles. The standard InChI is InChI=1S/C12H10F2N4/c13-11(14)9-6-15-12-10(16-9)8(17-18-12)5-4-7-2-1-3-7/h6-7,11H,1-3H2,(H,15,17,18). The summed E-state index contributed by atoms with van der Waals surface area (Å²) >= 11 is 0. The summed E-state index contributed by atoms with van der Waals surface area (Å²) in [6.45, 7) is 0. The minimum Gasteiger partial charge on any atom is -0.266 e. The monoisotopic (exact) mass is 248 g/mol. The van der Waals surface area contributed by atoms with Crippen LogP contribution in [-0.2, 0) is 0 Å². The lowest BCUT2D eigenvalue weighted by atomic mass is 9.86. The highest BCUT2D eigenvalue weighted by molar-refractivity contribution is 5.76. The first-order valence-corrected chi connectivity index (χ1v) is 5.75. The normalized spacial score (nSPS) is 15.5. The van der Waals surface area contributed by atoms with Gasteiger partial charge in [0.05, 0.1) is 6.20 Å². The predicted octanol–water partition coefficient (Wildman–Crippen LogP) is 2.44. The number of nitrogens with zero attached hydrogens (tertiary/aromatic N) is 3. The Balaban J connectivity index is 1.99. The number of alkyl halides is 2. The Bertz CT molecular complexity index is 634. The van der Waals surface area contributed by atoms with E-state index in [4.69, 9.17) is 0 Å². The molecule has 3 rings (SSSR count). The first-order chi connectivity index (χ1) is 8.74. The third-order valence-corrected chi connectivity index (χ3v) is 3.01. The predicted molar refractivity (Wildman–Crippen MR) is 60.9 cm³/mol. The van der Waals surface area contributed by atoms with Gasteiger partial charge in [-0.3, -0.25) is 5.10 Å². The summed E-state index contributed by atoms with van der Waals surface area (Å²) in [5.41, 5.74) is 0.749. The lowest BCUT2D eigenvalue weighted by molar-refractivity contribution is 0.146. The van der Waals surface area contributed by atoms with Gasteiger partial charge >= 0.3 is 0 Å². The van der Waals surface area contributed by atoms with Crippen LogP contribution in [0.2, 0.25) is 0 Å². The topological polar surface area (TPSA) is 54.5 Å². The summed E-state index contributed by atoms with van der Waals surface area (Å²) in [7, 11) is 0. The average Bonchev–Trinajstić information content (AvgIpc) is 2.69. The van der Waals surface area contributed by atoms with Crippen LogP contribution >= 0.6 is 0 Å². The van der Waals surface area contributed by atoms with Gasteiger partial charge in [-0.2, -0.15) is 5.10 Å². The molecule has 0 amide bonds. The molecule has 0 saturated heterocycles. The van der Waals surface area contributed by atoms with Gasteiger partial charge < -0.3 is 0 Å². The smallest absolute Gasteiger partial charge is 0.266 e. The van der Waals surface area contributed by atoms with Crippen molar-refractivity contribution in [2.24, 2.45) is 5.92 Å². The Morgan fingerprint density at radius 3 is 2.89 bits per heavy atom. The van der Waals surface area contributed by atoms with Gasteiger partial charge in [-0.25, -0.2) is 18.7 Å². The van der Waals surface area contributed by atoms with Crippen molar-refractivity contribution in [3.05, 3.63) is 17.6 Å². The molecule has 4 nitrogen and oxygen atoms in total. The Hall–Kier alpha value is -2.03. The molecular formula is C12H10F2N4. The molecule has 1 fully saturated rings. The van der Waals surface area contributed by atoms with Crippen molar-refractivity contribution in [3.63, 3.8) is 0 Å². The van der Waals surface area contributed by atoms with Gasteiger partial charge in [0.2, 0.25) is 5.65 Å². The van der Waals surface area contributed by atoms with E-state index in [1.807, 2.05) is 0 Å². The number of aromatic amines is 1. The summed E-state index contributed by atoms with van der Waals surface area (Å²) in [4.78, 5) is 7.68. The number of hydrogen-bond donors (Lipinski definition) is 1. The minimum absolute atomic E-state index is 0.317. The highest BCUT2D eigenvalue weighted by Gasteiger charge is 2.16. The second kappa shape index (κ2) is 4.33. The number of hydrogen-bond acceptors (Lipinski definition) is 3. The number of rotatable bonds is 1. The minimum atomic E-state index is -2.63. The fraction of sp³-hybridized carbons (Fsp3) is 0.417. The fourth-order valence-corrected chi connectivity index (χ4v) is 1.73. The third-order valence-electron chi connectivity index (χ3n) is 3.01. The number of halogens is 2. The number of aromatic nitrogens is 4. The largest absolute Gasteiger partial charge is 0.281 e. The van der Waals surface area contributed by atoms with E-state index in [1.54, 1.807) is 0 Å². The molecule has 18 heavy (non-hydrogen) atoms. The van der Waals surface area contributed by atoms with Crippen molar-refractivity contribution in [2.45, 2.75) is 25.7 Å². The molecular weight excluding hydrogens is 238 g/mol. The number of nitrogens with one attached hydrogen (secondary N) is 1. The summed E-state index contributed by atoms with van der Waals surface area (Å²) < 4.78 is 25.1. The van der Waals surface area contributed by atoms with Crippen LogP contribution in [0.15, 0.2) is 6.20 Å². The molecule has 0 bridgehead atoms. The van der Waals surface area contributed by atoms with Crippen LogP contribution in [0.5, 0.6) is 0 Å². The Morgan fingerprint density at radius 2 is 2.22 bits per heavy atom. The van der Waals surface area contributed by atoms with Gasteiger partial charge in [0.25, 0.3) is 6.43 Å². The molecule has 0 unspecified atom stereocenters. The van der Waals surface area contributed by atoms with Crippen LogP contribution in [0.25, 0.3) is 11.2 Å². The van der Waals surface area contributed by atoms with Gasteiger partial charge in [-0.15, -0.1) is 0 Å². The van der Waals surface area contributed by atoms with Crippen molar-refractivity contribution in [1.82, 2.24) is 20.2 Å². The van der Waals surface area contributed by atoms with Gasteiger partial charge in [0.1, 0.15) is 16.9 Å². The van der Waals surface area contributed by atoms with Crippen molar-refractivity contribution in [1.29, 1.82) is 0 Å².